The van der Waals surface area contributed by atoms with Gasteiger partial charge in [0.25, 0.3) is 5.91 Å². The van der Waals surface area contributed by atoms with E-state index in [1.165, 1.54) is 11.8 Å². The Balaban J connectivity index is 1.59. The zero-order valence-electron chi connectivity index (χ0n) is 21.4. The fourth-order valence-electron chi connectivity index (χ4n) is 4.84. The van der Waals surface area contributed by atoms with Crippen LogP contribution in [0.3, 0.4) is 0 Å². The molecular formula is C27H33N5O4. The molecule has 0 bridgehead atoms. The van der Waals surface area contributed by atoms with E-state index in [1.54, 1.807) is 25.5 Å². The van der Waals surface area contributed by atoms with E-state index in [0.29, 0.717) is 23.1 Å². The van der Waals surface area contributed by atoms with Crippen molar-refractivity contribution < 1.29 is 19.1 Å². The van der Waals surface area contributed by atoms with Gasteiger partial charge < -0.3 is 15.4 Å². The van der Waals surface area contributed by atoms with Gasteiger partial charge in [0, 0.05) is 41.6 Å². The lowest BCUT2D eigenvalue weighted by molar-refractivity contribution is -0.131. The Kier molecular flexibility index (Phi) is 7.10. The Morgan fingerprint density at radius 3 is 2.56 bits per heavy atom. The number of nitrogens with zero attached hydrogens (tertiary/aromatic N) is 3. The van der Waals surface area contributed by atoms with Crippen LogP contribution in [0.25, 0.3) is 22.0 Å². The third kappa shape index (κ3) is 5.10. The van der Waals surface area contributed by atoms with Gasteiger partial charge in [0.15, 0.2) is 0 Å². The van der Waals surface area contributed by atoms with E-state index in [2.05, 4.69) is 20.7 Å². The van der Waals surface area contributed by atoms with Crippen molar-refractivity contribution >= 4 is 28.6 Å². The summed E-state index contributed by atoms with van der Waals surface area (Å²) in [4.78, 5) is 42.7. The molecule has 2 N–H and O–H groups in total. The first kappa shape index (κ1) is 25.3. The number of aromatic nitrogens is 3. The molecule has 2 heterocycles. The Hall–Kier alpha value is -3.75. The largest absolute Gasteiger partial charge is 0.480 e. The van der Waals surface area contributed by atoms with Crippen molar-refractivity contribution in [3.8, 4) is 17.0 Å². The number of benzene rings is 1. The Morgan fingerprint density at radius 2 is 1.86 bits per heavy atom. The molecule has 4 rings (SSSR count). The standard InChI is InChI=1S/C27H33N5O4/c1-27(2,3)23(33)17-7-6-8-20(11-17)31-24(34)21-12-19(14-29-25(21)36-5)16-9-10-18-15-30-32(22(18)13-16)26(35)28-4/h9-10,12-15,17,20H,6-8,11H2,1-5H3,(H,28,35)(H,31,34). The first-order valence-corrected chi connectivity index (χ1v) is 12.2. The predicted octanol–water partition coefficient (Wildman–Crippen LogP) is 4.20. The molecule has 2 unspecified atom stereocenters. The average Bonchev–Trinajstić information content (AvgIpc) is 3.30. The summed E-state index contributed by atoms with van der Waals surface area (Å²) >= 11 is 0. The molecule has 1 aromatic carbocycles. The highest BCUT2D eigenvalue weighted by Crippen LogP contribution is 2.32. The molecule has 9 nitrogen and oxygen atoms in total. The minimum absolute atomic E-state index is 0.0488. The molecule has 2 aromatic heterocycles. The number of nitrogens with one attached hydrogen (secondary N) is 2. The summed E-state index contributed by atoms with van der Waals surface area (Å²) in [6.07, 6.45) is 6.48. The molecule has 2 amide bonds. The third-order valence-electron chi connectivity index (χ3n) is 6.72. The van der Waals surface area contributed by atoms with Crippen molar-refractivity contribution in [3.05, 3.63) is 42.2 Å². The van der Waals surface area contributed by atoms with E-state index in [4.69, 9.17) is 4.74 Å². The summed E-state index contributed by atoms with van der Waals surface area (Å²) in [6.45, 7) is 5.83. The van der Waals surface area contributed by atoms with Crippen LogP contribution in [0.4, 0.5) is 4.79 Å². The maximum Gasteiger partial charge on any atom is 0.342 e. The van der Waals surface area contributed by atoms with Gasteiger partial charge in [-0.05, 0) is 37.0 Å². The molecule has 190 valence electrons. The highest BCUT2D eigenvalue weighted by atomic mass is 16.5. The van der Waals surface area contributed by atoms with Gasteiger partial charge in [0.05, 0.1) is 18.8 Å². The summed E-state index contributed by atoms with van der Waals surface area (Å²) in [5.74, 6) is 0.138. The highest BCUT2D eigenvalue weighted by molar-refractivity contribution is 5.98. The average molecular weight is 492 g/mol. The van der Waals surface area contributed by atoms with Crippen LogP contribution in [-0.2, 0) is 4.79 Å². The normalized spacial score (nSPS) is 18.0. The summed E-state index contributed by atoms with van der Waals surface area (Å²) < 4.78 is 6.67. The van der Waals surface area contributed by atoms with Crippen LogP contribution in [0.1, 0.15) is 56.8 Å². The molecule has 0 saturated heterocycles. The topological polar surface area (TPSA) is 115 Å². The first-order chi connectivity index (χ1) is 17.1. The fraction of sp³-hybridized carbons (Fsp3) is 0.444. The van der Waals surface area contributed by atoms with Crippen LogP contribution in [0, 0.1) is 11.3 Å². The second-order valence-electron chi connectivity index (χ2n) is 10.3. The van der Waals surface area contributed by atoms with Crippen molar-refractivity contribution in [3.63, 3.8) is 0 Å². The van der Waals surface area contributed by atoms with Gasteiger partial charge in [0.2, 0.25) is 5.88 Å². The van der Waals surface area contributed by atoms with E-state index in [-0.39, 0.29) is 35.6 Å². The molecule has 3 aromatic rings. The summed E-state index contributed by atoms with van der Waals surface area (Å²) in [5.41, 5.74) is 2.05. The van der Waals surface area contributed by atoms with Gasteiger partial charge in [-0.15, -0.1) is 0 Å². The predicted molar refractivity (Wildman–Crippen MR) is 137 cm³/mol. The van der Waals surface area contributed by atoms with E-state index < -0.39 is 5.41 Å². The number of rotatable bonds is 5. The van der Waals surface area contributed by atoms with Gasteiger partial charge in [0.1, 0.15) is 11.3 Å². The highest BCUT2D eigenvalue weighted by Gasteiger charge is 2.34. The van der Waals surface area contributed by atoms with Gasteiger partial charge in [-0.1, -0.05) is 39.3 Å². The van der Waals surface area contributed by atoms with E-state index in [1.807, 2.05) is 39.0 Å². The maximum absolute atomic E-state index is 13.3. The number of carbonyl (C=O) groups excluding carboxylic acids is 3. The number of pyridine rings is 1. The summed E-state index contributed by atoms with van der Waals surface area (Å²) in [6, 6.07) is 6.92. The number of hydrogen-bond acceptors (Lipinski definition) is 6. The Bertz CT molecular complexity index is 1310. The van der Waals surface area contributed by atoms with Crippen molar-refractivity contribution in [2.45, 2.75) is 52.5 Å². The SMILES string of the molecule is CNC(=O)n1ncc2ccc(-c3cnc(OC)c(C(=O)NC4CCCC(C(=O)C(C)(C)C)C4)c3)cc21. The van der Waals surface area contributed by atoms with Crippen LogP contribution in [0.15, 0.2) is 36.7 Å². The molecule has 9 heteroatoms. The second-order valence-corrected chi connectivity index (χ2v) is 10.3. The number of carbonyl (C=O) groups is 3. The van der Waals surface area contributed by atoms with Crippen molar-refractivity contribution in [2.75, 3.05) is 14.2 Å². The maximum atomic E-state index is 13.3. The second kappa shape index (κ2) is 10.1. The fourth-order valence-corrected chi connectivity index (χ4v) is 4.84. The first-order valence-electron chi connectivity index (χ1n) is 12.2. The Labute approximate surface area is 210 Å². The monoisotopic (exact) mass is 491 g/mol. The van der Waals surface area contributed by atoms with Gasteiger partial charge in [-0.25, -0.2) is 9.78 Å². The molecule has 1 fully saturated rings. The number of methoxy groups -OCH3 is 1. The molecular weight excluding hydrogens is 458 g/mol. The van der Waals surface area contributed by atoms with Crippen molar-refractivity contribution in [1.29, 1.82) is 0 Å². The summed E-state index contributed by atoms with van der Waals surface area (Å²) in [5, 5.41) is 10.6. The number of ether oxygens (including phenoxy) is 1. The molecule has 0 aliphatic heterocycles. The molecule has 1 saturated carbocycles. The molecule has 0 radical (unpaired) electrons. The molecule has 1 aliphatic rings. The number of fused-ring (bicyclic) bond motifs is 1. The van der Waals surface area contributed by atoms with E-state index in [0.717, 1.165) is 30.2 Å². The van der Waals surface area contributed by atoms with Crippen molar-refractivity contribution in [2.24, 2.45) is 11.3 Å². The number of amides is 2. The minimum atomic E-state index is -0.397. The minimum Gasteiger partial charge on any atom is -0.480 e. The van der Waals surface area contributed by atoms with E-state index >= 15 is 0 Å². The van der Waals surface area contributed by atoms with Crippen LogP contribution in [0.2, 0.25) is 0 Å². The van der Waals surface area contributed by atoms with Crippen LogP contribution in [-0.4, -0.2) is 52.7 Å². The molecule has 36 heavy (non-hydrogen) atoms. The van der Waals surface area contributed by atoms with Crippen LogP contribution < -0.4 is 15.4 Å². The van der Waals surface area contributed by atoms with Gasteiger partial charge >= 0.3 is 6.03 Å². The van der Waals surface area contributed by atoms with Crippen LogP contribution in [0.5, 0.6) is 5.88 Å². The quantitative estimate of drug-likeness (QED) is 0.553. The lowest BCUT2D eigenvalue weighted by Crippen LogP contribution is -2.42. The lowest BCUT2D eigenvalue weighted by atomic mass is 9.75. The number of Topliss-reactive ketones (excluding diaryl/α,β-unsaturated/α-hetero) is 1. The lowest BCUT2D eigenvalue weighted by Gasteiger charge is -2.32. The van der Waals surface area contributed by atoms with Crippen molar-refractivity contribution in [1.82, 2.24) is 25.4 Å². The molecule has 1 aliphatic carbocycles. The smallest absolute Gasteiger partial charge is 0.342 e. The Morgan fingerprint density at radius 1 is 1.08 bits per heavy atom. The number of ketones is 1. The van der Waals surface area contributed by atoms with Crippen LogP contribution >= 0.6 is 0 Å². The number of hydrogen-bond donors (Lipinski definition) is 2. The molecule has 2 atom stereocenters. The van der Waals surface area contributed by atoms with Gasteiger partial charge in [-0.3, -0.25) is 9.59 Å². The zero-order valence-corrected chi connectivity index (χ0v) is 21.4. The summed E-state index contributed by atoms with van der Waals surface area (Å²) in [7, 11) is 3.02. The third-order valence-corrected chi connectivity index (χ3v) is 6.72. The van der Waals surface area contributed by atoms with E-state index in [9.17, 15) is 14.4 Å². The molecule has 0 spiro atoms. The zero-order chi connectivity index (χ0) is 26.0. The van der Waals surface area contributed by atoms with Gasteiger partial charge in [-0.2, -0.15) is 9.78 Å².